The van der Waals surface area contributed by atoms with Crippen molar-refractivity contribution in [3.05, 3.63) is 47.0 Å². The minimum Gasteiger partial charge on any atom is -0.497 e. The lowest BCUT2D eigenvalue weighted by Crippen LogP contribution is -2.27. The quantitative estimate of drug-likeness (QED) is 0.784. The molecule has 25 heavy (non-hydrogen) atoms. The number of fused-ring (bicyclic) bond motifs is 1. The summed E-state index contributed by atoms with van der Waals surface area (Å²) >= 11 is 11.6. The van der Waals surface area contributed by atoms with Crippen molar-refractivity contribution in [3.8, 4) is 17.2 Å². The molecule has 2 aromatic rings. The smallest absolute Gasteiger partial charge is 0.179 e. The van der Waals surface area contributed by atoms with Gasteiger partial charge < -0.3 is 24.8 Å². The second-order valence-corrected chi connectivity index (χ2v) is 6.31. The summed E-state index contributed by atoms with van der Waals surface area (Å²) in [6, 6.07) is 11.3. The molecule has 0 aromatic heterocycles. The standard InChI is InChI=1S/C18H19ClN2O3S/c1-22-14-5-3-13(4-6-14)21-18(25)20-11-12-9-15(19)17-16(10-12)23-7-2-8-24-17/h3-6,9-10H,2,7-8,11H2,1H3,(H2,20,21,25). The van der Waals surface area contributed by atoms with Crippen molar-refractivity contribution in [3.63, 3.8) is 0 Å². The van der Waals surface area contributed by atoms with E-state index in [9.17, 15) is 0 Å². The summed E-state index contributed by atoms with van der Waals surface area (Å²) in [5.41, 5.74) is 1.85. The highest BCUT2D eigenvalue weighted by Gasteiger charge is 2.15. The fraction of sp³-hybridized carbons (Fsp3) is 0.278. The summed E-state index contributed by atoms with van der Waals surface area (Å²) < 4.78 is 16.5. The van der Waals surface area contributed by atoms with E-state index in [4.69, 9.17) is 38.0 Å². The van der Waals surface area contributed by atoms with Gasteiger partial charge in [-0.3, -0.25) is 0 Å². The topological polar surface area (TPSA) is 51.8 Å². The molecule has 0 unspecified atom stereocenters. The van der Waals surface area contributed by atoms with E-state index in [1.807, 2.05) is 36.4 Å². The Morgan fingerprint density at radius 1 is 1.20 bits per heavy atom. The summed E-state index contributed by atoms with van der Waals surface area (Å²) in [5.74, 6) is 2.09. The van der Waals surface area contributed by atoms with Crippen molar-refractivity contribution in [1.29, 1.82) is 0 Å². The van der Waals surface area contributed by atoms with E-state index in [-0.39, 0.29) is 0 Å². The van der Waals surface area contributed by atoms with Gasteiger partial charge in [0.2, 0.25) is 0 Å². The van der Waals surface area contributed by atoms with Crippen molar-refractivity contribution in [2.75, 3.05) is 25.6 Å². The van der Waals surface area contributed by atoms with Gasteiger partial charge in [0.15, 0.2) is 16.6 Å². The van der Waals surface area contributed by atoms with E-state index in [1.54, 1.807) is 7.11 Å². The number of anilines is 1. The van der Waals surface area contributed by atoms with Crippen LogP contribution < -0.4 is 24.8 Å². The van der Waals surface area contributed by atoms with Gasteiger partial charge in [0.05, 0.1) is 25.3 Å². The Labute approximate surface area is 157 Å². The van der Waals surface area contributed by atoms with Crippen LogP contribution in [-0.2, 0) is 6.54 Å². The third-order valence-corrected chi connectivity index (χ3v) is 4.19. The van der Waals surface area contributed by atoms with E-state index >= 15 is 0 Å². The fourth-order valence-corrected chi connectivity index (χ4v) is 2.90. The van der Waals surface area contributed by atoms with Crippen LogP contribution in [0.25, 0.3) is 0 Å². The summed E-state index contributed by atoms with van der Waals surface area (Å²) in [4.78, 5) is 0. The number of hydrogen-bond donors (Lipinski definition) is 2. The molecule has 1 aliphatic rings. The zero-order valence-electron chi connectivity index (χ0n) is 13.8. The van der Waals surface area contributed by atoms with Gasteiger partial charge in [-0.1, -0.05) is 11.6 Å². The number of rotatable bonds is 4. The van der Waals surface area contributed by atoms with E-state index in [2.05, 4.69) is 10.6 Å². The highest BCUT2D eigenvalue weighted by molar-refractivity contribution is 7.80. The number of nitrogens with one attached hydrogen (secondary N) is 2. The second kappa shape index (κ2) is 8.27. The van der Waals surface area contributed by atoms with Crippen LogP contribution in [0.4, 0.5) is 5.69 Å². The van der Waals surface area contributed by atoms with Crippen LogP contribution in [-0.4, -0.2) is 25.4 Å². The third kappa shape index (κ3) is 4.67. The molecule has 2 aromatic carbocycles. The van der Waals surface area contributed by atoms with E-state index in [0.717, 1.165) is 23.4 Å². The molecule has 1 aliphatic heterocycles. The third-order valence-electron chi connectivity index (χ3n) is 3.66. The van der Waals surface area contributed by atoms with E-state index in [1.165, 1.54) is 0 Å². The van der Waals surface area contributed by atoms with Gasteiger partial charge in [-0.15, -0.1) is 0 Å². The molecule has 0 saturated carbocycles. The minimum atomic E-state index is 0.522. The van der Waals surface area contributed by atoms with Crippen LogP contribution in [0.1, 0.15) is 12.0 Å². The van der Waals surface area contributed by atoms with Crippen LogP contribution in [0.15, 0.2) is 36.4 Å². The van der Waals surface area contributed by atoms with Gasteiger partial charge >= 0.3 is 0 Å². The highest BCUT2D eigenvalue weighted by atomic mass is 35.5. The van der Waals surface area contributed by atoms with E-state index in [0.29, 0.717) is 41.4 Å². The van der Waals surface area contributed by atoms with Crippen molar-refractivity contribution in [1.82, 2.24) is 5.32 Å². The van der Waals surface area contributed by atoms with Crippen molar-refractivity contribution in [2.24, 2.45) is 0 Å². The number of thiocarbonyl (C=S) groups is 1. The fourth-order valence-electron chi connectivity index (χ4n) is 2.42. The summed E-state index contributed by atoms with van der Waals surface area (Å²) in [7, 11) is 1.63. The molecule has 0 aliphatic carbocycles. The Morgan fingerprint density at radius 3 is 2.72 bits per heavy atom. The second-order valence-electron chi connectivity index (χ2n) is 5.49. The molecule has 7 heteroatoms. The monoisotopic (exact) mass is 378 g/mol. The summed E-state index contributed by atoms with van der Waals surface area (Å²) in [6.45, 7) is 1.76. The Kier molecular flexibility index (Phi) is 5.83. The largest absolute Gasteiger partial charge is 0.497 e. The summed E-state index contributed by atoms with van der Waals surface area (Å²) in [6.07, 6.45) is 0.842. The van der Waals surface area contributed by atoms with Crippen LogP contribution >= 0.6 is 23.8 Å². The Balaban J connectivity index is 1.60. The first-order chi connectivity index (χ1) is 12.2. The van der Waals surface area contributed by atoms with Crippen LogP contribution in [0, 0.1) is 0 Å². The first-order valence-electron chi connectivity index (χ1n) is 7.92. The predicted molar refractivity (Wildman–Crippen MR) is 103 cm³/mol. The Hall–Kier alpha value is -2.18. The average molecular weight is 379 g/mol. The number of halogens is 1. The van der Waals surface area contributed by atoms with Crippen LogP contribution in [0.2, 0.25) is 5.02 Å². The zero-order chi connectivity index (χ0) is 17.6. The zero-order valence-corrected chi connectivity index (χ0v) is 15.4. The SMILES string of the molecule is COc1ccc(NC(=S)NCc2cc(Cl)c3c(c2)OCCCO3)cc1. The van der Waals surface area contributed by atoms with Crippen LogP contribution in [0.3, 0.4) is 0 Å². The maximum atomic E-state index is 6.30. The Bertz CT molecular complexity index is 753. The first-order valence-corrected chi connectivity index (χ1v) is 8.71. The molecular weight excluding hydrogens is 360 g/mol. The first kappa shape index (κ1) is 17.6. The molecular formula is C18H19ClN2O3S. The van der Waals surface area contributed by atoms with Crippen molar-refractivity contribution >= 4 is 34.6 Å². The number of hydrogen-bond acceptors (Lipinski definition) is 4. The highest BCUT2D eigenvalue weighted by Crippen LogP contribution is 2.37. The molecule has 5 nitrogen and oxygen atoms in total. The van der Waals surface area contributed by atoms with Crippen molar-refractivity contribution < 1.29 is 14.2 Å². The lowest BCUT2D eigenvalue weighted by atomic mass is 10.2. The molecule has 132 valence electrons. The molecule has 0 atom stereocenters. The van der Waals surface area contributed by atoms with Gasteiger partial charge in [-0.05, 0) is 54.2 Å². The predicted octanol–water partition coefficient (Wildman–Crippen LogP) is 4.00. The van der Waals surface area contributed by atoms with Gasteiger partial charge in [-0.25, -0.2) is 0 Å². The normalized spacial score (nSPS) is 12.9. The number of ether oxygens (including phenoxy) is 3. The van der Waals surface area contributed by atoms with Gasteiger partial charge in [0.1, 0.15) is 5.75 Å². The number of benzene rings is 2. The molecule has 0 radical (unpaired) electrons. The lowest BCUT2D eigenvalue weighted by Gasteiger charge is -2.14. The average Bonchev–Trinajstić information content (AvgIpc) is 2.86. The van der Waals surface area contributed by atoms with Crippen molar-refractivity contribution in [2.45, 2.75) is 13.0 Å². The maximum Gasteiger partial charge on any atom is 0.179 e. The molecule has 0 bridgehead atoms. The molecule has 0 spiro atoms. The van der Waals surface area contributed by atoms with Gasteiger partial charge in [0, 0.05) is 18.7 Å². The van der Waals surface area contributed by atoms with E-state index < -0.39 is 0 Å². The van der Waals surface area contributed by atoms with Crippen LogP contribution in [0.5, 0.6) is 17.2 Å². The molecule has 3 rings (SSSR count). The molecule has 0 saturated heterocycles. The maximum absolute atomic E-state index is 6.30. The molecule has 0 amide bonds. The minimum absolute atomic E-state index is 0.522. The molecule has 2 N–H and O–H groups in total. The lowest BCUT2D eigenvalue weighted by molar-refractivity contribution is 0.297. The summed E-state index contributed by atoms with van der Waals surface area (Å²) in [5, 5.41) is 7.35. The van der Waals surface area contributed by atoms with Gasteiger partial charge in [-0.2, -0.15) is 0 Å². The molecule has 1 heterocycles. The Morgan fingerprint density at radius 2 is 1.96 bits per heavy atom. The number of methoxy groups -OCH3 is 1. The molecule has 0 fully saturated rings. The van der Waals surface area contributed by atoms with Gasteiger partial charge in [0.25, 0.3) is 0 Å².